The van der Waals surface area contributed by atoms with Crippen LogP contribution < -0.4 is 0 Å². The highest BCUT2D eigenvalue weighted by Gasteiger charge is 2.17. The van der Waals surface area contributed by atoms with Crippen LogP contribution in [0.15, 0.2) is 12.2 Å². The Balaban J connectivity index is 2.29. The Morgan fingerprint density at radius 1 is 1.45 bits per heavy atom. The third-order valence-corrected chi connectivity index (χ3v) is 2.31. The molecule has 1 aliphatic carbocycles. The molecule has 0 aromatic rings. The number of carboxylic acid groups (broad SMARTS) is 1. The molecule has 0 unspecified atom stereocenters. The van der Waals surface area contributed by atoms with Gasteiger partial charge in [0, 0.05) is 5.57 Å². The normalized spacial score (nSPS) is 18.5. The van der Waals surface area contributed by atoms with E-state index >= 15 is 0 Å². The maximum absolute atomic E-state index is 10.4. The van der Waals surface area contributed by atoms with Gasteiger partial charge >= 0.3 is 5.97 Å². The smallest absolute Gasteiger partial charge is 0.330 e. The fourth-order valence-corrected chi connectivity index (χ4v) is 1.65. The standard InChI is InChI=1S/C9H14O2/c1-7(9(10)11)6-8-4-2-3-5-8/h8H,1-6H2,(H,10,11). The maximum atomic E-state index is 10.4. The summed E-state index contributed by atoms with van der Waals surface area (Å²) in [6, 6.07) is 0. The van der Waals surface area contributed by atoms with Gasteiger partial charge in [-0.2, -0.15) is 0 Å². The topological polar surface area (TPSA) is 37.3 Å². The van der Waals surface area contributed by atoms with Crippen LogP contribution in [0.2, 0.25) is 0 Å². The summed E-state index contributed by atoms with van der Waals surface area (Å²) in [6.07, 6.45) is 5.59. The maximum Gasteiger partial charge on any atom is 0.330 e. The average molecular weight is 154 g/mol. The van der Waals surface area contributed by atoms with Gasteiger partial charge in [0.25, 0.3) is 0 Å². The highest BCUT2D eigenvalue weighted by molar-refractivity contribution is 5.85. The highest BCUT2D eigenvalue weighted by atomic mass is 16.4. The van der Waals surface area contributed by atoms with E-state index in [1.807, 2.05) is 0 Å². The first-order valence-corrected chi connectivity index (χ1v) is 4.11. The van der Waals surface area contributed by atoms with Gasteiger partial charge in [-0.25, -0.2) is 4.79 Å². The average Bonchev–Trinajstić information content (AvgIpc) is 2.39. The van der Waals surface area contributed by atoms with E-state index in [1.165, 1.54) is 25.7 Å². The molecule has 2 nitrogen and oxygen atoms in total. The molecule has 0 heterocycles. The lowest BCUT2D eigenvalue weighted by molar-refractivity contribution is -0.132. The second kappa shape index (κ2) is 3.56. The molecule has 2 heteroatoms. The summed E-state index contributed by atoms with van der Waals surface area (Å²) in [5.41, 5.74) is 0.372. The predicted molar refractivity (Wildman–Crippen MR) is 43.4 cm³/mol. The Hall–Kier alpha value is -0.790. The molecule has 0 saturated heterocycles. The van der Waals surface area contributed by atoms with Crippen molar-refractivity contribution in [2.45, 2.75) is 32.1 Å². The van der Waals surface area contributed by atoms with E-state index in [0.717, 1.165) is 0 Å². The minimum Gasteiger partial charge on any atom is -0.478 e. The molecule has 1 N–H and O–H groups in total. The monoisotopic (exact) mass is 154 g/mol. The van der Waals surface area contributed by atoms with Gasteiger partial charge in [-0.05, 0) is 12.3 Å². The number of carboxylic acids is 1. The first-order chi connectivity index (χ1) is 5.20. The molecule has 1 aliphatic rings. The third kappa shape index (κ3) is 2.37. The van der Waals surface area contributed by atoms with Crippen LogP contribution in [0.4, 0.5) is 0 Å². The van der Waals surface area contributed by atoms with E-state index in [2.05, 4.69) is 6.58 Å². The van der Waals surface area contributed by atoms with Gasteiger partial charge in [-0.1, -0.05) is 32.3 Å². The molecule has 0 radical (unpaired) electrons. The molecule has 1 fully saturated rings. The fourth-order valence-electron chi connectivity index (χ4n) is 1.65. The van der Waals surface area contributed by atoms with Gasteiger partial charge < -0.3 is 5.11 Å². The minimum atomic E-state index is -0.836. The first kappa shape index (κ1) is 8.31. The summed E-state index contributed by atoms with van der Waals surface area (Å²) in [5.74, 6) is -0.240. The molecule has 0 amide bonds. The van der Waals surface area contributed by atoms with Crippen molar-refractivity contribution in [3.63, 3.8) is 0 Å². The zero-order valence-corrected chi connectivity index (χ0v) is 6.68. The summed E-state index contributed by atoms with van der Waals surface area (Å²) in [4.78, 5) is 10.4. The molecular formula is C9H14O2. The highest BCUT2D eigenvalue weighted by Crippen LogP contribution is 2.29. The van der Waals surface area contributed by atoms with Crippen molar-refractivity contribution in [3.05, 3.63) is 12.2 Å². The van der Waals surface area contributed by atoms with Crippen LogP contribution in [-0.4, -0.2) is 11.1 Å². The first-order valence-electron chi connectivity index (χ1n) is 4.11. The molecule has 0 atom stereocenters. The zero-order chi connectivity index (χ0) is 8.27. The van der Waals surface area contributed by atoms with Gasteiger partial charge in [0.05, 0.1) is 0 Å². The molecule has 1 saturated carbocycles. The van der Waals surface area contributed by atoms with Crippen molar-refractivity contribution in [2.24, 2.45) is 5.92 Å². The predicted octanol–water partition coefficient (Wildman–Crippen LogP) is 2.21. The second-order valence-electron chi connectivity index (χ2n) is 3.26. The van der Waals surface area contributed by atoms with Crippen LogP contribution in [-0.2, 0) is 4.79 Å². The van der Waals surface area contributed by atoms with Gasteiger partial charge in [0.1, 0.15) is 0 Å². The third-order valence-electron chi connectivity index (χ3n) is 2.31. The Morgan fingerprint density at radius 3 is 2.45 bits per heavy atom. The van der Waals surface area contributed by atoms with Crippen molar-refractivity contribution < 1.29 is 9.90 Å². The molecule has 11 heavy (non-hydrogen) atoms. The van der Waals surface area contributed by atoms with E-state index in [-0.39, 0.29) is 0 Å². The summed E-state index contributed by atoms with van der Waals surface area (Å²) >= 11 is 0. The number of aliphatic carboxylic acids is 1. The van der Waals surface area contributed by atoms with Crippen LogP contribution in [0.1, 0.15) is 32.1 Å². The molecule has 62 valence electrons. The van der Waals surface area contributed by atoms with E-state index in [0.29, 0.717) is 17.9 Å². The Morgan fingerprint density at radius 2 is 2.00 bits per heavy atom. The van der Waals surface area contributed by atoms with Crippen molar-refractivity contribution >= 4 is 5.97 Å². The number of rotatable bonds is 3. The van der Waals surface area contributed by atoms with E-state index in [1.54, 1.807) is 0 Å². The molecule has 0 aromatic carbocycles. The second-order valence-corrected chi connectivity index (χ2v) is 3.26. The molecule has 0 spiro atoms. The van der Waals surface area contributed by atoms with Crippen molar-refractivity contribution in [3.8, 4) is 0 Å². The van der Waals surface area contributed by atoms with Gasteiger partial charge in [-0.15, -0.1) is 0 Å². The molecular weight excluding hydrogens is 140 g/mol. The summed E-state index contributed by atoms with van der Waals surface area (Å²) in [5, 5.41) is 8.54. The zero-order valence-electron chi connectivity index (χ0n) is 6.68. The Bertz CT molecular complexity index is 166. The van der Waals surface area contributed by atoms with Crippen LogP contribution in [0.5, 0.6) is 0 Å². The molecule has 1 rings (SSSR count). The lowest BCUT2D eigenvalue weighted by Gasteiger charge is -2.06. The van der Waals surface area contributed by atoms with Crippen molar-refractivity contribution in [1.29, 1.82) is 0 Å². The Labute approximate surface area is 66.9 Å². The Kier molecular flexibility index (Phi) is 2.69. The number of hydrogen-bond acceptors (Lipinski definition) is 1. The van der Waals surface area contributed by atoms with Crippen LogP contribution >= 0.6 is 0 Å². The van der Waals surface area contributed by atoms with Crippen LogP contribution in [0.3, 0.4) is 0 Å². The quantitative estimate of drug-likeness (QED) is 0.633. The van der Waals surface area contributed by atoms with Gasteiger partial charge in [0.15, 0.2) is 0 Å². The van der Waals surface area contributed by atoms with Crippen molar-refractivity contribution in [2.75, 3.05) is 0 Å². The lowest BCUT2D eigenvalue weighted by atomic mass is 9.99. The summed E-state index contributed by atoms with van der Waals surface area (Å²) in [6.45, 7) is 3.52. The van der Waals surface area contributed by atoms with Gasteiger partial charge in [0.2, 0.25) is 0 Å². The summed E-state index contributed by atoms with van der Waals surface area (Å²) < 4.78 is 0. The van der Waals surface area contributed by atoms with Gasteiger partial charge in [-0.3, -0.25) is 0 Å². The van der Waals surface area contributed by atoms with Crippen LogP contribution in [0.25, 0.3) is 0 Å². The molecule has 0 aromatic heterocycles. The van der Waals surface area contributed by atoms with Crippen molar-refractivity contribution in [1.82, 2.24) is 0 Å². The van der Waals surface area contributed by atoms with Crippen LogP contribution in [0, 0.1) is 5.92 Å². The summed E-state index contributed by atoms with van der Waals surface area (Å²) in [7, 11) is 0. The number of carbonyl (C=O) groups is 1. The molecule has 0 bridgehead atoms. The van der Waals surface area contributed by atoms with E-state index in [4.69, 9.17) is 5.11 Å². The molecule has 0 aliphatic heterocycles. The lowest BCUT2D eigenvalue weighted by Crippen LogP contribution is -2.03. The number of hydrogen-bond donors (Lipinski definition) is 1. The SMILES string of the molecule is C=C(CC1CCCC1)C(=O)O. The van der Waals surface area contributed by atoms with E-state index < -0.39 is 5.97 Å². The van der Waals surface area contributed by atoms with E-state index in [9.17, 15) is 4.79 Å². The fraction of sp³-hybridized carbons (Fsp3) is 0.667. The largest absolute Gasteiger partial charge is 0.478 e. The minimum absolute atomic E-state index is 0.372.